The van der Waals surface area contributed by atoms with Gasteiger partial charge in [0.2, 0.25) is 0 Å². The summed E-state index contributed by atoms with van der Waals surface area (Å²) in [5.74, 6) is -1.49. The van der Waals surface area contributed by atoms with Crippen LogP contribution in [0.25, 0.3) is 0 Å². The third-order valence-corrected chi connectivity index (χ3v) is 3.38. The Labute approximate surface area is 129 Å². The molecule has 1 amide bonds. The fraction of sp³-hybridized carbons (Fsp3) is 0.294. The van der Waals surface area contributed by atoms with Gasteiger partial charge >= 0.3 is 5.97 Å². The monoisotopic (exact) mass is 300 g/mol. The van der Waals surface area contributed by atoms with E-state index >= 15 is 0 Å². The van der Waals surface area contributed by atoms with Gasteiger partial charge in [-0.3, -0.25) is 4.79 Å². The number of carbonyl (C=O) groups is 2. The van der Waals surface area contributed by atoms with Crippen molar-refractivity contribution in [1.82, 2.24) is 9.88 Å². The number of carbonyl (C=O) groups excluding carboxylic acids is 1. The molecule has 2 aromatic rings. The van der Waals surface area contributed by atoms with Gasteiger partial charge in [0.1, 0.15) is 0 Å². The van der Waals surface area contributed by atoms with Gasteiger partial charge in [0.25, 0.3) is 5.91 Å². The third-order valence-electron chi connectivity index (χ3n) is 3.38. The Morgan fingerprint density at radius 3 is 2.27 bits per heavy atom. The molecule has 116 valence electrons. The van der Waals surface area contributed by atoms with Crippen molar-refractivity contribution in [3.05, 3.63) is 59.9 Å². The summed E-state index contributed by atoms with van der Waals surface area (Å²) < 4.78 is 1.92. The van der Waals surface area contributed by atoms with E-state index in [0.29, 0.717) is 11.1 Å². The molecule has 0 aliphatic carbocycles. The quantitative estimate of drug-likeness (QED) is 0.912. The van der Waals surface area contributed by atoms with Crippen LogP contribution in [0.5, 0.6) is 0 Å². The lowest BCUT2D eigenvalue weighted by Gasteiger charge is -2.20. The Balaban J connectivity index is 2.19. The first kappa shape index (κ1) is 15.8. The standard InChI is InChI=1S/C17H20N2O3/c1-17(2,3)19-10-9-13(11-19)15(20)18-14(16(21)22)12-7-5-4-6-8-12/h4-11,14H,1-3H3,(H,18,20)(H,21,22). The third kappa shape index (κ3) is 3.55. The van der Waals surface area contributed by atoms with E-state index in [2.05, 4.69) is 5.32 Å². The van der Waals surface area contributed by atoms with Gasteiger partial charge in [0, 0.05) is 17.9 Å². The zero-order valence-corrected chi connectivity index (χ0v) is 12.9. The summed E-state index contributed by atoms with van der Waals surface area (Å²) in [4.78, 5) is 23.7. The molecule has 5 heteroatoms. The Morgan fingerprint density at radius 2 is 1.77 bits per heavy atom. The van der Waals surface area contributed by atoms with Crippen molar-refractivity contribution in [3.63, 3.8) is 0 Å². The smallest absolute Gasteiger partial charge is 0.330 e. The molecule has 1 unspecified atom stereocenters. The maximum Gasteiger partial charge on any atom is 0.330 e. The van der Waals surface area contributed by atoms with Crippen molar-refractivity contribution in [2.75, 3.05) is 0 Å². The Morgan fingerprint density at radius 1 is 1.14 bits per heavy atom. The summed E-state index contributed by atoms with van der Waals surface area (Å²) in [7, 11) is 0. The number of nitrogens with one attached hydrogen (secondary N) is 1. The van der Waals surface area contributed by atoms with Crippen molar-refractivity contribution in [2.24, 2.45) is 0 Å². The van der Waals surface area contributed by atoms with Gasteiger partial charge in [-0.05, 0) is 32.4 Å². The molecule has 0 spiro atoms. The minimum atomic E-state index is -1.09. The van der Waals surface area contributed by atoms with Gasteiger partial charge in [-0.1, -0.05) is 30.3 Å². The van der Waals surface area contributed by atoms with Crippen molar-refractivity contribution in [3.8, 4) is 0 Å². The van der Waals surface area contributed by atoms with E-state index in [1.54, 1.807) is 42.6 Å². The zero-order valence-electron chi connectivity index (χ0n) is 12.9. The largest absolute Gasteiger partial charge is 0.479 e. The number of aliphatic carboxylic acids is 1. The van der Waals surface area contributed by atoms with Crippen LogP contribution in [0, 0.1) is 0 Å². The van der Waals surface area contributed by atoms with Gasteiger partial charge in [0.05, 0.1) is 5.56 Å². The number of hydrogen-bond acceptors (Lipinski definition) is 2. The highest BCUT2D eigenvalue weighted by atomic mass is 16.4. The number of aromatic nitrogens is 1. The molecule has 1 aromatic heterocycles. The number of rotatable bonds is 4. The summed E-state index contributed by atoms with van der Waals surface area (Å²) >= 11 is 0. The number of carboxylic acids is 1. The molecule has 0 bridgehead atoms. The van der Waals surface area contributed by atoms with E-state index in [-0.39, 0.29) is 5.54 Å². The first-order valence-corrected chi connectivity index (χ1v) is 7.06. The van der Waals surface area contributed by atoms with Gasteiger partial charge < -0.3 is 15.0 Å². The average molecular weight is 300 g/mol. The predicted octanol–water partition coefficient (Wildman–Crippen LogP) is 2.80. The fourth-order valence-electron chi connectivity index (χ4n) is 2.10. The summed E-state index contributed by atoms with van der Waals surface area (Å²) in [5.41, 5.74) is 0.847. The molecule has 0 fully saturated rings. The number of nitrogens with zero attached hydrogens (tertiary/aromatic N) is 1. The van der Waals surface area contributed by atoms with E-state index < -0.39 is 17.9 Å². The Bertz CT molecular complexity index is 669. The highest BCUT2D eigenvalue weighted by Gasteiger charge is 2.23. The number of carboxylic acid groups (broad SMARTS) is 1. The van der Waals surface area contributed by atoms with Crippen LogP contribution in [0.15, 0.2) is 48.8 Å². The van der Waals surface area contributed by atoms with E-state index in [1.807, 2.05) is 31.5 Å². The van der Waals surface area contributed by atoms with Crippen molar-refractivity contribution >= 4 is 11.9 Å². The SMILES string of the molecule is CC(C)(C)n1ccc(C(=O)NC(C(=O)O)c2ccccc2)c1. The second kappa shape index (κ2) is 6.05. The molecule has 0 aliphatic heterocycles. The minimum Gasteiger partial charge on any atom is -0.479 e. The summed E-state index contributed by atoms with van der Waals surface area (Å²) in [5, 5.41) is 11.9. The number of hydrogen-bond donors (Lipinski definition) is 2. The van der Waals surface area contributed by atoms with Crippen LogP contribution < -0.4 is 5.32 Å². The molecule has 2 rings (SSSR count). The van der Waals surface area contributed by atoms with Crippen LogP contribution in [-0.4, -0.2) is 21.6 Å². The molecule has 0 aliphatic rings. The van der Waals surface area contributed by atoms with Crippen LogP contribution in [0.1, 0.15) is 42.7 Å². The summed E-state index contributed by atoms with van der Waals surface area (Å²) in [6.07, 6.45) is 3.53. The molecule has 0 radical (unpaired) electrons. The van der Waals surface area contributed by atoms with Gasteiger partial charge in [-0.25, -0.2) is 4.79 Å². The molecule has 1 atom stereocenters. The molecule has 5 nitrogen and oxygen atoms in total. The second-order valence-corrected chi connectivity index (χ2v) is 6.13. The van der Waals surface area contributed by atoms with Crippen LogP contribution in [0.3, 0.4) is 0 Å². The number of amides is 1. The molecule has 0 saturated heterocycles. The van der Waals surface area contributed by atoms with E-state index in [9.17, 15) is 14.7 Å². The van der Waals surface area contributed by atoms with Crippen molar-refractivity contribution < 1.29 is 14.7 Å². The summed E-state index contributed by atoms with van der Waals surface area (Å²) in [6.45, 7) is 6.08. The molecule has 0 saturated carbocycles. The number of benzene rings is 1. The van der Waals surface area contributed by atoms with Crippen LogP contribution in [-0.2, 0) is 10.3 Å². The van der Waals surface area contributed by atoms with Crippen molar-refractivity contribution in [1.29, 1.82) is 0 Å². The highest BCUT2D eigenvalue weighted by molar-refractivity contribution is 5.96. The molecular formula is C17H20N2O3. The highest BCUT2D eigenvalue weighted by Crippen LogP contribution is 2.17. The van der Waals surface area contributed by atoms with Crippen LogP contribution in [0.4, 0.5) is 0 Å². The summed E-state index contributed by atoms with van der Waals surface area (Å²) in [6, 6.07) is 9.27. The Hall–Kier alpha value is -2.56. The lowest BCUT2D eigenvalue weighted by Crippen LogP contribution is -2.33. The first-order valence-electron chi connectivity index (χ1n) is 7.06. The van der Waals surface area contributed by atoms with Gasteiger partial charge in [-0.2, -0.15) is 0 Å². The van der Waals surface area contributed by atoms with Gasteiger partial charge in [0.15, 0.2) is 6.04 Å². The molecule has 1 heterocycles. The fourth-order valence-corrected chi connectivity index (χ4v) is 2.10. The average Bonchev–Trinajstić information content (AvgIpc) is 2.95. The van der Waals surface area contributed by atoms with E-state index in [1.165, 1.54) is 0 Å². The predicted molar refractivity (Wildman–Crippen MR) is 83.7 cm³/mol. The van der Waals surface area contributed by atoms with E-state index in [0.717, 1.165) is 0 Å². The van der Waals surface area contributed by atoms with E-state index in [4.69, 9.17) is 0 Å². The molecule has 2 N–H and O–H groups in total. The second-order valence-electron chi connectivity index (χ2n) is 6.13. The van der Waals surface area contributed by atoms with Crippen molar-refractivity contribution in [2.45, 2.75) is 32.4 Å². The maximum atomic E-state index is 12.3. The van der Waals surface area contributed by atoms with Crippen LogP contribution in [0.2, 0.25) is 0 Å². The Kier molecular flexibility index (Phi) is 4.35. The van der Waals surface area contributed by atoms with Crippen LogP contribution >= 0.6 is 0 Å². The molecular weight excluding hydrogens is 280 g/mol. The van der Waals surface area contributed by atoms with Gasteiger partial charge in [-0.15, -0.1) is 0 Å². The molecule has 22 heavy (non-hydrogen) atoms. The first-order chi connectivity index (χ1) is 10.3. The normalized spacial score (nSPS) is 12.7. The maximum absolute atomic E-state index is 12.3. The zero-order chi connectivity index (χ0) is 16.3. The minimum absolute atomic E-state index is 0.135. The lowest BCUT2D eigenvalue weighted by molar-refractivity contribution is -0.139. The lowest BCUT2D eigenvalue weighted by atomic mass is 10.1. The molecule has 1 aromatic carbocycles. The topological polar surface area (TPSA) is 71.3 Å².